The molecule has 136 valence electrons. The van der Waals surface area contributed by atoms with E-state index in [0.717, 1.165) is 41.0 Å². The molecule has 4 nitrogen and oxygen atoms in total. The third-order valence-electron chi connectivity index (χ3n) is 5.13. The van der Waals surface area contributed by atoms with Crippen molar-refractivity contribution in [1.29, 1.82) is 0 Å². The summed E-state index contributed by atoms with van der Waals surface area (Å²) in [6, 6.07) is 15.9. The van der Waals surface area contributed by atoms with E-state index in [-0.39, 0.29) is 5.56 Å². The van der Waals surface area contributed by atoms with Gasteiger partial charge >= 0.3 is 0 Å². The van der Waals surface area contributed by atoms with Crippen molar-refractivity contribution in [2.24, 2.45) is 5.92 Å². The predicted molar refractivity (Wildman–Crippen MR) is 107 cm³/mol. The zero-order chi connectivity index (χ0) is 17.9. The van der Waals surface area contributed by atoms with Gasteiger partial charge in [0.25, 0.3) is 5.56 Å². The molecule has 1 fully saturated rings. The Balaban J connectivity index is 1.48. The molecular formula is C21H24N2O2S. The first-order valence-corrected chi connectivity index (χ1v) is 9.95. The smallest absolute Gasteiger partial charge is 0.268 e. The van der Waals surface area contributed by atoms with Crippen LogP contribution in [0.4, 0.5) is 0 Å². The highest BCUT2D eigenvalue weighted by Crippen LogP contribution is 2.25. The summed E-state index contributed by atoms with van der Waals surface area (Å²) in [4.78, 5) is 15.0. The molecule has 0 N–H and O–H groups in total. The lowest BCUT2D eigenvalue weighted by molar-refractivity contribution is 0.207. The minimum Gasteiger partial charge on any atom is -0.489 e. The van der Waals surface area contributed by atoms with E-state index in [9.17, 15) is 4.79 Å². The second-order valence-electron chi connectivity index (χ2n) is 7.14. The Morgan fingerprint density at radius 2 is 1.88 bits per heavy atom. The number of benzene rings is 2. The minimum atomic E-state index is 0.138. The van der Waals surface area contributed by atoms with E-state index in [1.54, 1.807) is 11.5 Å². The molecule has 1 saturated heterocycles. The van der Waals surface area contributed by atoms with Crippen molar-refractivity contribution in [2.45, 2.75) is 26.0 Å². The molecule has 2 aromatic carbocycles. The van der Waals surface area contributed by atoms with Crippen LogP contribution in [0.2, 0.25) is 0 Å². The second-order valence-corrected chi connectivity index (χ2v) is 8.20. The molecule has 0 unspecified atom stereocenters. The lowest BCUT2D eigenvalue weighted by Gasteiger charge is -2.28. The SMILES string of the molecule is CN1CCC(Cn2sc3cc(OCc4ccccc4)ccc3c2=O)CC1. The van der Waals surface area contributed by atoms with Crippen LogP contribution in [0.1, 0.15) is 18.4 Å². The normalized spacial score (nSPS) is 16.2. The molecule has 0 spiro atoms. The lowest BCUT2D eigenvalue weighted by atomic mass is 9.97. The van der Waals surface area contributed by atoms with Crippen molar-refractivity contribution in [3.63, 3.8) is 0 Å². The molecule has 5 heteroatoms. The van der Waals surface area contributed by atoms with Crippen LogP contribution >= 0.6 is 11.5 Å². The molecule has 0 amide bonds. The molecule has 0 aliphatic carbocycles. The van der Waals surface area contributed by atoms with Crippen LogP contribution in [0.5, 0.6) is 5.75 Å². The van der Waals surface area contributed by atoms with Gasteiger partial charge in [0.2, 0.25) is 0 Å². The number of rotatable bonds is 5. The van der Waals surface area contributed by atoms with E-state index >= 15 is 0 Å². The number of fused-ring (bicyclic) bond motifs is 1. The van der Waals surface area contributed by atoms with E-state index in [1.807, 2.05) is 40.4 Å². The van der Waals surface area contributed by atoms with E-state index < -0.39 is 0 Å². The Labute approximate surface area is 157 Å². The monoisotopic (exact) mass is 368 g/mol. The average Bonchev–Trinajstić information content (AvgIpc) is 2.98. The molecule has 3 aromatic rings. The first kappa shape index (κ1) is 17.3. The Morgan fingerprint density at radius 1 is 1.12 bits per heavy atom. The quantitative estimate of drug-likeness (QED) is 0.683. The van der Waals surface area contributed by atoms with Gasteiger partial charge in [-0.15, -0.1) is 0 Å². The maximum absolute atomic E-state index is 12.7. The van der Waals surface area contributed by atoms with E-state index in [1.165, 1.54) is 12.8 Å². The van der Waals surface area contributed by atoms with Gasteiger partial charge in [0, 0.05) is 6.54 Å². The summed E-state index contributed by atoms with van der Waals surface area (Å²) in [6.07, 6.45) is 2.34. The maximum Gasteiger partial charge on any atom is 0.268 e. The molecule has 0 bridgehead atoms. The van der Waals surface area contributed by atoms with Gasteiger partial charge in [-0.2, -0.15) is 0 Å². The first-order valence-electron chi connectivity index (χ1n) is 9.18. The van der Waals surface area contributed by atoms with Crippen LogP contribution in [0, 0.1) is 5.92 Å². The fourth-order valence-electron chi connectivity index (χ4n) is 3.48. The van der Waals surface area contributed by atoms with Crippen LogP contribution < -0.4 is 10.3 Å². The molecule has 4 rings (SSSR count). The van der Waals surface area contributed by atoms with Gasteiger partial charge < -0.3 is 9.64 Å². The summed E-state index contributed by atoms with van der Waals surface area (Å²) in [5.74, 6) is 1.42. The van der Waals surface area contributed by atoms with Crippen LogP contribution in [-0.2, 0) is 13.2 Å². The number of hydrogen-bond acceptors (Lipinski definition) is 4. The highest BCUT2D eigenvalue weighted by molar-refractivity contribution is 7.13. The van der Waals surface area contributed by atoms with Crippen molar-refractivity contribution in [3.8, 4) is 5.75 Å². The van der Waals surface area contributed by atoms with E-state index in [2.05, 4.69) is 24.1 Å². The number of aromatic nitrogens is 1. The van der Waals surface area contributed by atoms with Crippen LogP contribution in [-0.4, -0.2) is 29.0 Å². The van der Waals surface area contributed by atoms with Crippen molar-refractivity contribution in [2.75, 3.05) is 20.1 Å². The fourth-order valence-corrected chi connectivity index (χ4v) is 4.61. The number of ether oxygens (including phenoxy) is 1. The Hall–Kier alpha value is -2.11. The standard InChI is InChI=1S/C21H24N2O2S/c1-22-11-9-16(10-12-22)14-23-21(24)19-8-7-18(13-20(19)26-23)25-15-17-5-3-2-4-6-17/h2-8,13,16H,9-12,14-15H2,1H3. The number of hydrogen-bond donors (Lipinski definition) is 0. The van der Waals surface area contributed by atoms with Gasteiger partial charge in [-0.3, -0.25) is 8.75 Å². The molecule has 0 saturated carbocycles. The molecule has 1 aliphatic rings. The molecule has 2 heterocycles. The number of likely N-dealkylation sites (tertiary alicyclic amines) is 1. The summed E-state index contributed by atoms with van der Waals surface area (Å²) in [7, 11) is 2.17. The first-order chi connectivity index (χ1) is 12.7. The van der Waals surface area contributed by atoms with Crippen molar-refractivity contribution in [1.82, 2.24) is 8.86 Å². The molecule has 1 aliphatic heterocycles. The van der Waals surface area contributed by atoms with Gasteiger partial charge in [0.05, 0.1) is 10.1 Å². The fraction of sp³-hybridized carbons (Fsp3) is 0.381. The minimum absolute atomic E-state index is 0.138. The third kappa shape index (κ3) is 3.84. The summed E-state index contributed by atoms with van der Waals surface area (Å²) in [5.41, 5.74) is 1.28. The van der Waals surface area contributed by atoms with Gasteiger partial charge in [-0.25, -0.2) is 0 Å². The Bertz CT molecular complexity index is 924. The topological polar surface area (TPSA) is 34.5 Å². The van der Waals surface area contributed by atoms with Gasteiger partial charge in [0.15, 0.2) is 0 Å². The summed E-state index contributed by atoms with van der Waals surface area (Å²) < 4.78 is 8.84. The zero-order valence-electron chi connectivity index (χ0n) is 15.1. The van der Waals surface area contributed by atoms with Crippen LogP contribution in [0.25, 0.3) is 10.1 Å². The summed E-state index contributed by atoms with van der Waals surface area (Å²) in [6.45, 7) is 3.63. The Kier molecular flexibility index (Phi) is 5.09. The van der Waals surface area contributed by atoms with Crippen LogP contribution in [0.3, 0.4) is 0 Å². The molecule has 0 atom stereocenters. The highest BCUT2D eigenvalue weighted by atomic mass is 32.1. The van der Waals surface area contributed by atoms with Crippen LogP contribution in [0.15, 0.2) is 53.3 Å². The molecule has 0 radical (unpaired) electrons. The predicted octanol–water partition coefficient (Wildman–Crippen LogP) is 3.98. The van der Waals surface area contributed by atoms with Crippen molar-refractivity contribution in [3.05, 3.63) is 64.4 Å². The van der Waals surface area contributed by atoms with E-state index in [4.69, 9.17) is 4.74 Å². The summed E-state index contributed by atoms with van der Waals surface area (Å²) >= 11 is 1.56. The second kappa shape index (κ2) is 7.64. The van der Waals surface area contributed by atoms with Gasteiger partial charge in [0.1, 0.15) is 12.4 Å². The molecule has 26 heavy (non-hydrogen) atoms. The lowest BCUT2D eigenvalue weighted by Crippen LogP contribution is -2.32. The zero-order valence-corrected chi connectivity index (χ0v) is 15.9. The number of piperidine rings is 1. The highest BCUT2D eigenvalue weighted by Gasteiger charge is 2.19. The molecule has 1 aromatic heterocycles. The Morgan fingerprint density at radius 3 is 2.65 bits per heavy atom. The average molecular weight is 369 g/mol. The summed E-state index contributed by atoms with van der Waals surface area (Å²) in [5, 5.41) is 0.801. The number of nitrogens with zero attached hydrogens (tertiary/aromatic N) is 2. The van der Waals surface area contributed by atoms with Crippen molar-refractivity contribution < 1.29 is 4.74 Å². The third-order valence-corrected chi connectivity index (χ3v) is 6.20. The van der Waals surface area contributed by atoms with Gasteiger partial charge in [-0.05, 0) is 62.7 Å². The maximum atomic E-state index is 12.7. The van der Waals surface area contributed by atoms with E-state index in [0.29, 0.717) is 12.5 Å². The van der Waals surface area contributed by atoms with Crippen molar-refractivity contribution >= 4 is 21.6 Å². The largest absolute Gasteiger partial charge is 0.489 e. The molecular weight excluding hydrogens is 344 g/mol. The van der Waals surface area contributed by atoms with Gasteiger partial charge in [-0.1, -0.05) is 41.9 Å².